The number of aromatic nitrogens is 3. The van der Waals surface area contributed by atoms with Gasteiger partial charge in [0.1, 0.15) is 27.1 Å². The second kappa shape index (κ2) is 9.18. The summed E-state index contributed by atoms with van der Waals surface area (Å²) in [5.74, 6) is 2.41. The normalized spacial score (nSPS) is 20.5. The Bertz CT molecular complexity index is 1300. The number of nitrogens with zero attached hydrogens (tertiary/aromatic N) is 5. The van der Waals surface area contributed by atoms with E-state index in [9.17, 15) is 8.42 Å². The summed E-state index contributed by atoms with van der Waals surface area (Å²) >= 11 is 1.77. The zero-order valence-corrected chi connectivity index (χ0v) is 21.6. The lowest BCUT2D eigenvalue weighted by atomic mass is 9.89. The van der Waals surface area contributed by atoms with Crippen molar-refractivity contribution in [3.8, 4) is 0 Å². The van der Waals surface area contributed by atoms with E-state index in [2.05, 4.69) is 22.0 Å². The molecule has 1 unspecified atom stereocenters. The highest BCUT2D eigenvalue weighted by molar-refractivity contribution is 7.89. The molecule has 0 radical (unpaired) electrons. The first kappa shape index (κ1) is 23.7. The predicted molar refractivity (Wildman–Crippen MR) is 133 cm³/mol. The highest BCUT2D eigenvalue weighted by Gasteiger charge is 2.32. The van der Waals surface area contributed by atoms with Gasteiger partial charge in [-0.1, -0.05) is 12.1 Å². The van der Waals surface area contributed by atoms with Crippen LogP contribution in [0.25, 0.3) is 10.2 Å². The first-order valence-electron chi connectivity index (χ1n) is 12.0. The van der Waals surface area contributed by atoms with E-state index >= 15 is 0 Å². The molecule has 4 heterocycles. The van der Waals surface area contributed by atoms with E-state index < -0.39 is 10.0 Å². The molecule has 1 fully saturated rings. The Labute approximate surface area is 204 Å². The van der Waals surface area contributed by atoms with Crippen LogP contribution in [0.5, 0.6) is 0 Å². The van der Waals surface area contributed by atoms with Crippen molar-refractivity contribution in [1.82, 2.24) is 24.3 Å². The largest absolute Gasteiger partial charge is 0.383 e. The molecule has 0 saturated carbocycles. The van der Waals surface area contributed by atoms with Crippen LogP contribution in [-0.2, 0) is 29.3 Å². The van der Waals surface area contributed by atoms with Crippen molar-refractivity contribution < 1.29 is 12.9 Å². The molecule has 34 heavy (non-hydrogen) atoms. The Kier molecular flexibility index (Phi) is 6.38. The maximum Gasteiger partial charge on any atom is 0.248 e. The zero-order valence-electron chi connectivity index (χ0n) is 20.0. The van der Waals surface area contributed by atoms with Crippen molar-refractivity contribution in [2.45, 2.75) is 57.8 Å². The minimum atomic E-state index is -3.62. The molecule has 1 atom stereocenters. The van der Waals surface area contributed by atoms with Crippen LogP contribution in [-0.4, -0.2) is 65.5 Å². The second-order valence-corrected chi connectivity index (χ2v) is 12.5. The van der Waals surface area contributed by atoms with Gasteiger partial charge in [0.05, 0.1) is 5.39 Å². The number of hydrogen-bond acceptors (Lipinski definition) is 9. The molecule has 11 heteroatoms. The summed E-state index contributed by atoms with van der Waals surface area (Å²) in [6.07, 6.45) is 4.81. The molecular weight excluding hydrogens is 472 g/mol. The van der Waals surface area contributed by atoms with E-state index in [1.54, 1.807) is 29.5 Å². The number of rotatable bonds is 5. The predicted octanol–water partition coefficient (Wildman–Crippen LogP) is 2.94. The fourth-order valence-corrected chi connectivity index (χ4v) is 8.34. The smallest absolute Gasteiger partial charge is 0.248 e. The molecule has 184 valence electrons. The Morgan fingerprint density at radius 3 is 2.76 bits per heavy atom. The van der Waals surface area contributed by atoms with E-state index in [0.717, 1.165) is 48.4 Å². The van der Waals surface area contributed by atoms with Gasteiger partial charge in [-0.15, -0.1) is 11.3 Å². The number of anilines is 1. The highest BCUT2D eigenvalue weighted by atomic mass is 32.2. The molecule has 0 bridgehead atoms. The Balaban J connectivity index is 1.26. The molecule has 0 spiro atoms. The van der Waals surface area contributed by atoms with E-state index in [4.69, 9.17) is 15.2 Å². The average Bonchev–Trinajstić information content (AvgIpc) is 3.20. The van der Waals surface area contributed by atoms with Crippen molar-refractivity contribution in [1.29, 1.82) is 0 Å². The molecule has 1 aliphatic heterocycles. The lowest BCUT2D eigenvalue weighted by Crippen LogP contribution is -2.36. The van der Waals surface area contributed by atoms with Crippen LogP contribution in [0.3, 0.4) is 0 Å². The third kappa shape index (κ3) is 4.34. The number of nitrogens with two attached hydrogens (primary N) is 1. The van der Waals surface area contributed by atoms with E-state index in [1.165, 1.54) is 16.9 Å². The molecule has 2 aliphatic rings. The molecule has 9 nitrogen and oxygen atoms in total. The summed E-state index contributed by atoms with van der Waals surface area (Å²) < 4.78 is 33.0. The number of sulfonamides is 1. The Hall–Kier alpha value is -2.08. The number of thiophene rings is 1. The highest BCUT2D eigenvalue weighted by Crippen LogP contribution is 2.39. The lowest BCUT2D eigenvalue weighted by molar-refractivity contribution is 0.288. The minimum Gasteiger partial charge on any atom is -0.383 e. The van der Waals surface area contributed by atoms with Crippen molar-refractivity contribution >= 4 is 37.4 Å². The standard InChI is InChI=1S/C23H32N6O3S2/c1-14-5-6-17-18(13-14)33-23-20(17)22(24)25-19(26-23)7-10-28-8-4-9-29(12-11-28)34(30,31)21-15(2)27-32-16(21)3/h14H,4-13H2,1-3H3,(H2,24,25,26). The van der Waals surface area contributed by atoms with E-state index in [1.807, 2.05) is 0 Å². The van der Waals surface area contributed by atoms with Gasteiger partial charge >= 0.3 is 0 Å². The summed E-state index contributed by atoms with van der Waals surface area (Å²) in [6.45, 7) is 8.79. The summed E-state index contributed by atoms with van der Waals surface area (Å²) in [7, 11) is -3.62. The van der Waals surface area contributed by atoms with Gasteiger partial charge < -0.3 is 15.2 Å². The van der Waals surface area contributed by atoms with Gasteiger partial charge in [0.15, 0.2) is 5.76 Å². The zero-order chi connectivity index (χ0) is 24.0. The SMILES string of the molecule is Cc1noc(C)c1S(=O)(=O)N1CCCN(CCc2nc(N)c3c4c(sc3n2)CC(C)CC4)CC1. The molecule has 5 rings (SSSR count). The van der Waals surface area contributed by atoms with Crippen LogP contribution >= 0.6 is 11.3 Å². The van der Waals surface area contributed by atoms with Crippen LogP contribution in [0.4, 0.5) is 5.82 Å². The minimum absolute atomic E-state index is 0.200. The molecule has 2 N–H and O–H groups in total. The third-order valence-electron chi connectivity index (χ3n) is 6.99. The van der Waals surface area contributed by atoms with E-state index in [0.29, 0.717) is 49.2 Å². The number of nitrogen functional groups attached to an aromatic ring is 1. The van der Waals surface area contributed by atoms with Crippen LogP contribution in [0.2, 0.25) is 0 Å². The molecule has 0 aromatic carbocycles. The Morgan fingerprint density at radius 2 is 2.00 bits per heavy atom. The van der Waals surface area contributed by atoms with Gasteiger partial charge in [0, 0.05) is 37.5 Å². The van der Waals surface area contributed by atoms with Crippen LogP contribution in [0.1, 0.15) is 47.5 Å². The maximum absolute atomic E-state index is 13.2. The summed E-state index contributed by atoms with van der Waals surface area (Å²) in [6, 6.07) is 0. The Morgan fingerprint density at radius 1 is 1.18 bits per heavy atom. The quantitative estimate of drug-likeness (QED) is 0.563. The summed E-state index contributed by atoms with van der Waals surface area (Å²) in [4.78, 5) is 14.4. The van der Waals surface area contributed by atoms with E-state index in [-0.39, 0.29) is 4.90 Å². The molecule has 1 saturated heterocycles. The van der Waals surface area contributed by atoms with Crippen LogP contribution in [0.15, 0.2) is 9.42 Å². The maximum atomic E-state index is 13.2. The van der Waals surface area contributed by atoms with Crippen molar-refractivity contribution in [2.75, 3.05) is 38.5 Å². The van der Waals surface area contributed by atoms with Gasteiger partial charge in [-0.25, -0.2) is 18.4 Å². The van der Waals surface area contributed by atoms with Crippen LogP contribution in [0, 0.1) is 19.8 Å². The molecule has 0 amide bonds. The van der Waals surface area contributed by atoms with Gasteiger partial charge in [-0.05, 0) is 57.6 Å². The summed E-state index contributed by atoms with van der Waals surface area (Å²) in [5, 5.41) is 4.88. The summed E-state index contributed by atoms with van der Waals surface area (Å²) in [5.41, 5.74) is 8.15. The van der Waals surface area contributed by atoms with Crippen molar-refractivity contribution in [3.05, 3.63) is 27.7 Å². The van der Waals surface area contributed by atoms with Gasteiger partial charge in [0.25, 0.3) is 0 Å². The first-order valence-corrected chi connectivity index (χ1v) is 14.2. The number of fused-ring (bicyclic) bond motifs is 3. The van der Waals surface area contributed by atoms with Gasteiger partial charge in [0.2, 0.25) is 10.0 Å². The third-order valence-corrected chi connectivity index (χ3v) is 10.3. The molecule has 3 aromatic heterocycles. The fourth-order valence-electron chi connectivity index (χ4n) is 5.17. The van der Waals surface area contributed by atoms with Crippen molar-refractivity contribution in [2.24, 2.45) is 5.92 Å². The molecule has 1 aliphatic carbocycles. The topological polar surface area (TPSA) is 118 Å². The monoisotopic (exact) mass is 504 g/mol. The second-order valence-electron chi connectivity index (χ2n) is 9.56. The number of aryl methyl sites for hydroxylation is 3. The van der Waals surface area contributed by atoms with Gasteiger partial charge in [-0.3, -0.25) is 0 Å². The molecular formula is C23H32N6O3S2. The lowest BCUT2D eigenvalue weighted by Gasteiger charge is -2.21. The van der Waals surface area contributed by atoms with Crippen LogP contribution < -0.4 is 5.73 Å². The average molecular weight is 505 g/mol. The number of hydrogen-bond donors (Lipinski definition) is 1. The molecule has 3 aromatic rings. The van der Waals surface area contributed by atoms with Crippen molar-refractivity contribution in [3.63, 3.8) is 0 Å². The first-order chi connectivity index (χ1) is 16.2. The van der Waals surface area contributed by atoms with Gasteiger partial charge in [-0.2, -0.15) is 4.31 Å². The fraction of sp³-hybridized carbons (Fsp3) is 0.609.